The van der Waals surface area contributed by atoms with E-state index in [1.165, 1.54) is 11.8 Å². The molecule has 1 aromatic carbocycles. The molecule has 0 saturated carbocycles. The summed E-state index contributed by atoms with van der Waals surface area (Å²) in [5, 5.41) is 10.5. The summed E-state index contributed by atoms with van der Waals surface area (Å²) in [5.74, 6) is -0.377. The number of aliphatic imine (C=N–C) groups is 1. The first-order valence-corrected chi connectivity index (χ1v) is 9.12. The number of thioether (sulfide) groups is 1. The Kier molecular flexibility index (Phi) is 5.43. The molecule has 0 spiro atoms. The van der Waals surface area contributed by atoms with Gasteiger partial charge in [-0.1, -0.05) is 18.2 Å². The molecule has 1 N–H and O–H groups in total. The maximum absolute atomic E-state index is 12.1. The number of benzene rings is 1. The minimum atomic E-state index is -0.296. The smallest absolute Gasteiger partial charge is 0.309 e. The Hall–Kier alpha value is -2.28. The predicted octanol–water partition coefficient (Wildman–Crippen LogP) is 2.64. The summed E-state index contributed by atoms with van der Waals surface area (Å²) in [7, 11) is 0. The number of aromatic hydroxyl groups is 1. The van der Waals surface area contributed by atoms with E-state index < -0.39 is 0 Å². The van der Waals surface area contributed by atoms with Crippen molar-refractivity contribution in [1.29, 1.82) is 0 Å². The van der Waals surface area contributed by atoms with Crippen LogP contribution < -0.4 is 0 Å². The molecule has 1 aromatic rings. The van der Waals surface area contributed by atoms with Crippen molar-refractivity contribution in [3.63, 3.8) is 0 Å². The van der Waals surface area contributed by atoms with Gasteiger partial charge in [0.2, 0.25) is 0 Å². The molecular formula is C18H20N2O4S. The molecule has 132 valence electrons. The van der Waals surface area contributed by atoms with E-state index in [0.29, 0.717) is 48.2 Å². The minimum absolute atomic E-state index is 0.0739. The number of hydrogen-bond donors (Lipinski definition) is 1. The zero-order chi connectivity index (χ0) is 17.8. The Morgan fingerprint density at radius 3 is 2.80 bits per heavy atom. The summed E-state index contributed by atoms with van der Waals surface area (Å²) in [6, 6.07) is 6.87. The zero-order valence-corrected chi connectivity index (χ0v) is 14.8. The second-order valence-corrected chi connectivity index (χ2v) is 6.89. The number of rotatable bonds is 3. The van der Waals surface area contributed by atoms with E-state index in [1.807, 2.05) is 4.90 Å². The maximum atomic E-state index is 12.1. The second kappa shape index (κ2) is 7.74. The monoisotopic (exact) mass is 360 g/mol. The summed E-state index contributed by atoms with van der Waals surface area (Å²) in [6.45, 7) is 3.55. The Balaban J connectivity index is 1.63. The molecule has 6 nitrogen and oxygen atoms in total. The van der Waals surface area contributed by atoms with Crippen LogP contribution in [0.15, 0.2) is 34.2 Å². The van der Waals surface area contributed by atoms with Crippen molar-refractivity contribution in [3.8, 4) is 5.75 Å². The van der Waals surface area contributed by atoms with Gasteiger partial charge < -0.3 is 14.7 Å². The van der Waals surface area contributed by atoms with E-state index >= 15 is 0 Å². The summed E-state index contributed by atoms with van der Waals surface area (Å²) < 4.78 is 5.07. The van der Waals surface area contributed by atoms with E-state index in [9.17, 15) is 14.7 Å². The van der Waals surface area contributed by atoms with E-state index in [2.05, 4.69) is 4.99 Å². The fourth-order valence-electron chi connectivity index (χ4n) is 2.85. The van der Waals surface area contributed by atoms with E-state index in [0.717, 1.165) is 0 Å². The van der Waals surface area contributed by atoms with Crippen LogP contribution in [0, 0.1) is 5.92 Å². The highest BCUT2D eigenvalue weighted by Crippen LogP contribution is 2.33. The number of piperidine rings is 1. The van der Waals surface area contributed by atoms with Gasteiger partial charge in [-0.05, 0) is 43.7 Å². The number of carbonyl (C=O) groups is 2. The van der Waals surface area contributed by atoms with Crippen molar-refractivity contribution < 1.29 is 19.4 Å². The van der Waals surface area contributed by atoms with Gasteiger partial charge in [-0.15, -0.1) is 0 Å². The second-order valence-electron chi connectivity index (χ2n) is 5.88. The normalized spacial score (nSPS) is 20.0. The van der Waals surface area contributed by atoms with Crippen LogP contribution in [0.3, 0.4) is 0 Å². The number of phenols is 1. The van der Waals surface area contributed by atoms with Gasteiger partial charge in [0.25, 0.3) is 5.91 Å². The highest BCUT2D eigenvalue weighted by molar-refractivity contribution is 8.18. The summed E-state index contributed by atoms with van der Waals surface area (Å²) in [4.78, 5) is 30.6. The molecular weight excluding hydrogens is 340 g/mol. The highest BCUT2D eigenvalue weighted by Gasteiger charge is 2.31. The molecule has 1 saturated heterocycles. The van der Waals surface area contributed by atoms with Gasteiger partial charge in [-0.3, -0.25) is 9.59 Å². The molecule has 1 fully saturated rings. The Bertz CT molecular complexity index is 736. The van der Waals surface area contributed by atoms with Crippen LogP contribution in [0.5, 0.6) is 5.75 Å². The molecule has 25 heavy (non-hydrogen) atoms. The lowest BCUT2D eigenvalue weighted by molar-refractivity contribution is -0.149. The third-order valence-electron chi connectivity index (χ3n) is 4.22. The van der Waals surface area contributed by atoms with Gasteiger partial charge in [0.05, 0.1) is 17.4 Å². The molecule has 3 rings (SSSR count). The molecule has 0 atom stereocenters. The van der Waals surface area contributed by atoms with Crippen LogP contribution in [0.2, 0.25) is 0 Å². The largest absolute Gasteiger partial charge is 0.507 e. The van der Waals surface area contributed by atoms with E-state index in [1.54, 1.807) is 37.3 Å². The first kappa shape index (κ1) is 17.5. The molecule has 0 aromatic heterocycles. The van der Waals surface area contributed by atoms with Crippen LogP contribution in [0.1, 0.15) is 25.3 Å². The average Bonchev–Trinajstić information content (AvgIpc) is 2.98. The number of ether oxygens (including phenoxy) is 1. The van der Waals surface area contributed by atoms with Gasteiger partial charge in [0.15, 0.2) is 5.17 Å². The van der Waals surface area contributed by atoms with Crippen LogP contribution in [-0.4, -0.2) is 46.7 Å². The molecule has 0 bridgehead atoms. The van der Waals surface area contributed by atoms with Crippen molar-refractivity contribution >= 4 is 34.9 Å². The molecule has 2 aliphatic heterocycles. The highest BCUT2D eigenvalue weighted by atomic mass is 32.2. The molecule has 0 unspecified atom stereocenters. The Morgan fingerprint density at radius 1 is 1.40 bits per heavy atom. The molecule has 1 amide bonds. The van der Waals surface area contributed by atoms with Gasteiger partial charge in [0.1, 0.15) is 5.75 Å². The Morgan fingerprint density at radius 2 is 2.12 bits per heavy atom. The fraction of sp³-hybridized carbons (Fsp3) is 0.389. The van der Waals surface area contributed by atoms with Gasteiger partial charge >= 0.3 is 5.97 Å². The molecule has 0 aliphatic carbocycles. The number of carbonyl (C=O) groups excluding carboxylic acids is 2. The lowest BCUT2D eigenvalue weighted by Crippen LogP contribution is -2.39. The van der Waals surface area contributed by atoms with Crippen LogP contribution in [0.4, 0.5) is 0 Å². The number of likely N-dealkylation sites (tertiary alicyclic amines) is 1. The average molecular weight is 360 g/mol. The number of nitrogens with zero attached hydrogens (tertiary/aromatic N) is 2. The first-order chi connectivity index (χ1) is 12.1. The van der Waals surface area contributed by atoms with E-state index in [4.69, 9.17) is 4.74 Å². The third kappa shape index (κ3) is 4.04. The van der Waals surface area contributed by atoms with Gasteiger partial charge in [0, 0.05) is 18.7 Å². The number of esters is 1. The topological polar surface area (TPSA) is 79.2 Å². The molecule has 2 heterocycles. The third-order valence-corrected chi connectivity index (χ3v) is 5.26. The molecule has 2 aliphatic rings. The number of amides is 1. The van der Waals surface area contributed by atoms with Crippen molar-refractivity contribution in [2.75, 3.05) is 19.7 Å². The summed E-state index contributed by atoms with van der Waals surface area (Å²) in [6.07, 6.45) is 3.06. The predicted molar refractivity (Wildman–Crippen MR) is 97.0 cm³/mol. The van der Waals surface area contributed by atoms with Crippen molar-refractivity contribution in [2.24, 2.45) is 10.9 Å². The summed E-state index contributed by atoms with van der Waals surface area (Å²) >= 11 is 1.31. The quantitative estimate of drug-likeness (QED) is 0.659. The lowest BCUT2D eigenvalue weighted by Gasteiger charge is -2.31. The van der Waals surface area contributed by atoms with Gasteiger partial charge in [-0.2, -0.15) is 4.99 Å². The first-order valence-electron chi connectivity index (χ1n) is 8.30. The Labute approximate surface area is 150 Å². The number of hydrogen-bond acceptors (Lipinski definition) is 6. The molecule has 0 radical (unpaired) electrons. The van der Waals surface area contributed by atoms with Crippen molar-refractivity contribution in [3.05, 3.63) is 34.7 Å². The number of phenolic OH excluding ortho intramolecular Hbond substituents is 1. The number of para-hydroxylation sites is 1. The fourth-order valence-corrected chi connectivity index (χ4v) is 3.81. The SMILES string of the molecule is CCOC(=O)C1CCN(C2=NC(=O)/C(=C/c3ccccc3O)S2)CC1. The van der Waals surface area contributed by atoms with Gasteiger partial charge in [-0.25, -0.2) is 0 Å². The van der Waals surface area contributed by atoms with Crippen LogP contribution >= 0.6 is 11.8 Å². The minimum Gasteiger partial charge on any atom is -0.507 e. The molecule has 7 heteroatoms. The van der Waals surface area contributed by atoms with Crippen LogP contribution in [0.25, 0.3) is 6.08 Å². The number of amidine groups is 1. The lowest BCUT2D eigenvalue weighted by atomic mass is 9.97. The van der Waals surface area contributed by atoms with Crippen molar-refractivity contribution in [2.45, 2.75) is 19.8 Å². The van der Waals surface area contributed by atoms with E-state index in [-0.39, 0.29) is 23.5 Å². The van der Waals surface area contributed by atoms with Crippen molar-refractivity contribution in [1.82, 2.24) is 4.90 Å². The summed E-state index contributed by atoms with van der Waals surface area (Å²) in [5.41, 5.74) is 0.593. The maximum Gasteiger partial charge on any atom is 0.309 e. The standard InChI is InChI=1S/C18H20N2O4S/c1-2-24-17(23)12-7-9-20(10-8-12)18-19-16(22)15(25-18)11-13-5-3-4-6-14(13)21/h3-6,11-12,21H,2,7-10H2,1H3/b15-11-. The zero-order valence-electron chi connectivity index (χ0n) is 14.0. The van der Waals surface area contributed by atoms with Crippen LogP contribution in [-0.2, 0) is 14.3 Å².